The van der Waals surface area contributed by atoms with E-state index in [0.717, 1.165) is 12.8 Å². The van der Waals surface area contributed by atoms with Gasteiger partial charge in [-0.05, 0) is 6.42 Å². The van der Waals surface area contributed by atoms with E-state index in [4.69, 9.17) is 21.0 Å². The predicted octanol–water partition coefficient (Wildman–Crippen LogP) is 2.23. The van der Waals surface area contributed by atoms with Crippen molar-refractivity contribution in [1.82, 2.24) is 0 Å². The second-order valence-corrected chi connectivity index (χ2v) is 4.60. The van der Waals surface area contributed by atoms with Crippen LogP contribution in [0.2, 0.25) is 0 Å². The first-order valence-electron chi connectivity index (χ1n) is 3.64. The normalized spacial score (nSPS) is 16.3. The molecule has 0 aromatic rings. The Morgan fingerprint density at radius 3 is 2.73 bits per heavy atom. The van der Waals surface area contributed by atoms with Crippen LogP contribution in [0.3, 0.4) is 0 Å². The van der Waals surface area contributed by atoms with Crippen LogP contribution in [-0.4, -0.2) is 23.5 Å². The lowest BCUT2D eigenvalue weighted by atomic mass is 10.4. The Morgan fingerprint density at radius 2 is 2.27 bits per heavy atom. The van der Waals surface area contributed by atoms with Crippen LogP contribution in [0.15, 0.2) is 0 Å². The molecule has 5 heteroatoms. The van der Waals surface area contributed by atoms with E-state index in [2.05, 4.69) is 0 Å². The summed E-state index contributed by atoms with van der Waals surface area (Å²) in [5.41, 5.74) is 0. The molecule has 0 aliphatic carbocycles. The third kappa shape index (κ3) is 6.82. The summed E-state index contributed by atoms with van der Waals surface area (Å²) < 4.78 is 15.7. The fourth-order valence-electron chi connectivity index (χ4n) is 0.523. The largest absolute Gasteiger partial charge is 0.329 e. The van der Waals surface area contributed by atoms with Crippen molar-refractivity contribution in [3.05, 3.63) is 0 Å². The van der Waals surface area contributed by atoms with Crippen molar-refractivity contribution in [1.29, 1.82) is 0 Å². The number of rotatable bonds is 6. The third-order valence-electron chi connectivity index (χ3n) is 1.16. The minimum atomic E-state index is -3.35. The molecule has 0 saturated carbocycles. The molecular weight excluding hydrogens is 186 g/mol. The topological polar surface area (TPSA) is 46.5 Å². The molecule has 68 valence electrons. The summed E-state index contributed by atoms with van der Waals surface area (Å²) in [7, 11) is -3.35. The van der Waals surface area contributed by atoms with Crippen molar-refractivity contribution >= 4 is 19.2 Å². The molecule has 0 saturated heterocycles. The summed E-state index contributed by atoms with van der Waals surface area (Å²) in [6.07, 6.45) is 1.81. The predicted molar refractivity (Wildman–Crippen MR) is 46.3 cm³/mol. The molecule has 1 atom stereocenters. The van der Waals surface area contributed by atoms with E-state index in [1.165, 1.54) is 0 Å². The van der Waals surface area contributed by atoms with Gasteiger partial charge in [0.15, 0.2) is 0 Å². The molecule has 1 N–H and O–H groups in total. The second-order valence-electron chi connectivity index (χ2n) is 2.24. The molecule has 3 nitrogen and oxygen atoms in total. The van der Waals surface area contributed by atoms with E-state index < -0.39 is 7.60 Å². The Labute approximate surface area is 72.2 Å². The monoisotopic (exact) mass is 200 g/mol. The van der Waals surface area contributed by atoms with Crippen molar-refractivity contribution in [2.45, 2.75) is 19.8 Å². The Kier molecular flexibility index (Phi) is 6.25. The molecule has 0 aromatic carbocycles. The highest BCUT2D eigenvalue weighted by molar-refractivity contribution is 7.52. The first-order chi connectivity index (χ1) is 5.12. The number of alkyl halides is 1. The van der Waals surface area contributed by atoms with Crippen molar-refractivity contribution in [3.8, 4) is 0 Å². The second kappa shape index (κ2) is 6.01. The van der Waals surface area contributed by atoms with E-state index >= 15 is 0 Å². The van der Waals surface area contributed by atoms with Gasteiger partial charge in [-0.1, -0.05) is 13.3 Å². The maximum atomic E-state index is 10.9. The maximum Gasteiger partial charge on any atom is 0.329 e. The molecule has 0 spiro atoms. The summed E-state index contributed by atoms with van der Waals surface area (Å²) in [5.74, 6) is 0.167. The van der Waals surface area contributed by atoms with Gasteiger partial charge in [0, 0.05) is 5.88 Å². The summed E-state index contributed by atoms with van der Waals surface area (Å²) >= 11 is 5.29. The molecular formula is C6H14ClO3P. The first kappa shape index (κ1) is 11.4. The minimum Gasteiger partial charge on any atom is -0.324 e. The van der Waals surface area contributed by atoms with Crippen LogP contribution < -0.4 is 0 Å². The van der Waals surface area contributed by atoms with Gasteiger partial charge in [0.2, 0.25) is 0 Å². The van der Waals surface area contributed by atoms with Crippen molar-refractivity contribution < 1.29 is 14.0 Å². The van der Waals surface area contributed by atoms with E-state index in [0.29, 0.717) is 6.61 Å². The fourth-order valence-corrected chi connectivity index (χ4v) is 1.92. The van der Waals surface area contributed by atoms with Gasteiger partial charge >= 0.3 is 7.60 Å². The van der Waals surface area contributed by atoms with Crippen LogP contribution in [0.25, 0.3) is 0 Å². The Bertz CT molecular complexity index is 140. The van der Waals surface area contributed by atoms with Crippen LogP contribution in [0.1, 0.15) is 19.8 Å². The Balaban J connectivity index is 3.47. The molecule has 0 bridgehead atoms. The van der Waals surface area contributed by atoms with Gasteiger partial charge in [-0.15, -0.1) is 11.6 Å². The van der Waals surface area contributed by atoms with Gasteiger partial charge in [-0.25, -0.2) is 0 Å². The lowest BCUT2D eigenvalue weighted by Crippen LogP contribution is -1.97. The van der Waals surface area contributed by atoms with Gasteiger partial charge < -0.3 is 9.42 Å². The van der Waals surface area contributed by atoms with Crippen molar-refractivity contribution in [2.75, 3.05) is 18.6 Å². The standard InChI is InChI=1S/C6H14ClO3P/c1-2-3-5-10-11(8,9)6-4-7/h2-6H2,1H3,(H,8,9). The molecule has 0 rings (SSSR count). The van der Waals surface area contributed by atoms with E-state index in [1.54, 1.807) is 0 Å². The SMILES string of the molecule is CCCCOP(=O)(O)CCCl. The lowest BCUT2D eigenvalue weighted by Gasteiger charge is -2.09. The van der Waals surface area contributed by atoms with E-state index in [9.17, 15) is 4.57 Å². The lowest BCUT2D eigenvalue weighted by molar-refractivity contribution is 0.256. The quantitative estimate of drug-likeness (QED) is 0.406. The van der Waals surface area contributed by atoms with Crippen molar-refractivity contribution in [2.24, 2.45) is 0 Å². The fraction of sp³-hybridized carbons (Fsp3) is 1.00. The molecule has 11 heavy (non-hydrogen) atoms. The zero-order chi connectivity index (χ0) is 8.74. The minimum absolute atomic E-state index is 0.0400. The molecule has 0 aliphatic heterocycles. The Morgan fingerprint density at radius 1 is 1.64 bits per heavy atom. The number of hydrogen-bond acceptors (Lipinski definition) is 2. The van der Waals surface area contributed by atoms with Gasteiger partial charge in [0.25, 0.3) is 0 Å². The van der Waals surface area contributed by atoms with Gasteiger partial charge in [0.1, 0.15) is 0 Å². The average molecular weight is 201 g/mol. The number of halogens is 1. The molecule has 0 amide bonds. The maximum absolute atomic E-state index is 10.9. The summed E-state index contributed by atoms with van der Waals surface area (Å²) in [5, 5.41) is 0. The number of hydrogen-bond donors (Lipinski definition) is 1. The highest BCUT2D eigenvalue weighted by Gasteiger charge is 2.16. The van der Waals surface area contributed by atoms with Crippen LogP contribution in [0.4, 0.5) is 0 Å². The Hall–Kier alpha value is 0.440. The third-order valence-corrected chi connectivity index (χ3v) is 2.99. The molecule has 1 unspecified atom stereocenters. The van der Waals surface area contributed by atoms with Crippen LogP contribution in [-0.2, 0) is 9.09 Å². The summed E-state index contributed by atoms with van der Waals surface area (Å²) in [6.45, 7) is 2.34. The highest BCUT2D eigenvalue weighted by Crippen LogP contribution is 2.41. The smallest absolute Gasteiger partial charge is 0.324 e. The van der Waals surface area contributed by atoms with E-state index in [1.807, 2.05) is 6.92 Å². The first-order valence-corrected chi connectivity index (χ1v) is 5.94. The van der Waals surface area contributed by atoms with Gasteiger partial charge in [-0.3, -0.25) is 4.57 Å². The molecule has 0 aliphatic rings. The van der Waals surface area contributed by atoms with E-state index in [-0.39, 0.29) is 12.0 Å². The van der Waals surface area contributed by atoms with Crippen LogP contribution >= 0.6 is 19.2 Å². The molecule has 0 fully saturated rings. The highest BCUT2D eigenvalue weighted by atomic mass is 35.5. The average Bonchev–Trinajstić information content (AvgIpc) is 1.87. The molecule has 0 heterocycles. The summed E-state index contributed by atoms with van der Waals surface area (Å²) in [4.78, 5) is 8.99. The molecule has 0 radical (unpaired) electrons. The molecule has 0 aromatic heterocycles. The zero-order valence-electron chi connectivity index (χ0n) is 6.62. The zero-order valence-corrected chi connectivity index (χ0v) is 8.27. The van der Waals surface area contributed by atoms with Crippen LogP contribution in [0.5, 0.6) is 0 Å². The van der Waals surface area contributed by atoms with Gasteiger partial charge in [-0.2, -0.15) is 0 Å². The summed E-state index contributed by atoms with van der Waals surface area (Å²) in [6, 6.07) is 0. The number of unbranched alkanes of at least 4 members (excludes halogenated alkanes) is 1. The van der Waals surface area contributed by atoms with Gasteiger partial charge in [0.05, 0.1) is 12.8 Å². The van der Waals surface area contributed by atoms with Crippen molar-refractivity contribution in [3.63, 3.8) is 0 Å². The van der Waals surface area contributed by atoms with Crippen LogP contribution in [0, 0.1) is 0 Å².